The van der Waals surface area contributed by atoms with Gasteiger partial charge in [0, 0.05) is 19.1 Å². The topological polar surface area (TPSA) is 65.1 Å². The van der Waals surface area contributed by atoms with E-state index in [-0.39, 0.29) is 41.9 Å². The summed E-state index contributed by atoms with van der Waals surface area (Å²) in [5.41, 5.74) is 1.53. The van der Waals surface area contributed by atoms with Gasteiger partial charge in [0.15, 0.2) is 0 Å². The summed E-state index contributed by atoms with van der Waals surface area (Å²) in [6, 6.07) is 4.80. The van der Waals surface area contributed by atoms with E-state index in [0.717, 1.165) is 75.5 Å². The third-order valence-electron chi connectivity index (χ3n) is 10.4. The molecule has 0 aromatic heterocycles. The average Bonchev–Trinajstić information content (AvgIpc) is 3.32. The fourth-order valence-corrected chi connectivity index (χ4v) is 8.26. The summed E-state index contributed by atoms with van der Waals surface area (Å²) >= 11 is 0. The van der Waals surface area contributed by atoms with Crippen molar-refractivity contribution in [2.45, 2.75) is 82.1 Å². The van der Waals surface area contributed by atoms with Crippen LogP contribution in [0.1, 0.15) is 76.2 Å². The quantitative estimate of drug-likeness (QED) is 0.345. The number of anilines is 1. The van der Waals surface area contributed by atoms with E-state index in [1.807, 2.05) is 0 Å². The number of methoxy groups -OCH3 is 1. The van der Waals surface area contributed by atoms with Crippen LogP contribution in [0.4, 0.5) is 14.9 Å². The van der Waals surface area contributed by atoms with Gasteiger partial charge in [-0.15, -0.1) is 0 Å². The number of hydrogen-bond acceptors (Lipinski definition) is 5. The molecule has 1 aromatic rings. The van der Waals surface area contributed by atoms with Gasteiger partial charge in [-0.1, -0.05) is 0 Å². The molecule has 1 aliphatic heterocycles. The van der Waals surface area contributed by atoms with E-state index in [2.05, 4.69) is 0 Å². The summed E-state index contributed by atoms with van der Waals surface area (Å²) in [6.07, 6.45) is 11.7. The Morgan fingerprint density at radius 3 is 2.35 bits per heavy atom. The molecule has 4 saturated carbocycles. The highest BCUT2D eigenvalue weighted by Crippen LogP contribution is 2.56. The van der Waals surface area contributed by atoms with Crippen LogP contribution in [-0.4, -0.2) is 45.0 Å². The Hall–Kier alpha value is -2.15. The number of carbonyl (C=O) groups is 2. The predicted molar refractivity (Wildman–Crippen MR) is 137 cm³/mol. The zero-order chi connectivity index (χ0) is 25.6. The SMILES string of the molecule is COCCOC(=O)N1CC2(CCC(C3CC4CCC(C3)C4C(=O)OC3CCC3)CC2)c2cc(F)ccc21. The molecule has 6 nitrogen and oxygen atoms in total. The maximum absolute atomic E-state index is 14.4. The lowest BCUT2D eigenvalue weighted by Crippen LogP contribution is -2.42. The second-order valence-electron chi connectivity index (χ2n) is 12.3. The first-order valence-electron chi connectivity index (χ1n) is 14.4. The molecule has 0 radical (unpaired) electrons. The van der Waals surface area contributed by atoms with Crippen molar-refractivity contribution in [2.75, 3.05) is 31.8 Å². The molecule has 2 bridgehead atoms. The number of halogens is 1. The van der Waals surface area contributed by atoms with Gasteiger partial charge in [0.25, 0.3) is 0 Å². The van der Waals surface area contributed by atoms with Gasteiger partial charge in [-0.05, 0) is 118 Å². The summed E-state index contributed by atoms with van der Waals surface area (Å²) in [7, 11) is 1.58. The molecule has 2 unspecified atom stereocenters. The van der Waals surface area contributed by atoms with Crippen molar-refractivity contribution >= 4 is 17.7 Å². The molecular formula is C30H40FNO5. The van der Waals surface area contributed by atoms with Crippen LogP contribution >= 0.6 is 0 Å². The highest BCUT2D eigenvalue weighted by Gasteiger charge is 2.52. The van der Waals surface area contributed by atoms with Gasteiger partial charge < -0.3 is 14.2 Å². The van der Waals surface area contributed by atoms with Crippen LogP contribution in [0.3, 0.4) is 0 Å². The van der Waals surface area contributed by atoms with Crippen molar-refractivity contribution in [3.63, 3.8) is 0 Å². The van der Waals surface area contributed by atoms with Gasteiger partial charge in [0.05, 0.1) is 18.2 Å². The number of ether oxygens (including phenoxy) is 3. The lowest BCUT2D eigenvalue weighted by Gasteiger charge is -2.44. The van der Waals surface area contributed by atoms with E-state index in [0.29, 0.717) is 36.8 Å². The number of hydrogen-bond donors (Lipinski definition) is 0. The molecular weight excluding hydrogens is 473 g/mol. The van der Waals surface area contributed by atoms with Crippen molar-refractivity contribution in [3.05, 3.63) is 29.6 Å². The molecule has 1 heterocycles. The van der Waals surface area contributed by atoms with Crippen LogP contribution in [0.15, 0.2) is 18.2 Å². The Morgan fingerprint density at radius 1 is 0.973 bits per heavy atom. The van der Waals surface area contributed by atoms with Crippen molar-refractivity contribution in [2.24, 2.45) is 29.6 Å². The first kappa shape index (κ1) is 25.1. The third kappa shape index (κ3) is 4.66. The molecule has 37 heavy (non-hydrogen) atoms. The first-order valence-corrected chi connectivity index (χ1v) is 14.4. The summed E-state index contributed by atoms with van der Waals surface area (Å²) in [4.78, 5) is 27.5. The summed E-state index contributed by atoms with van der Waals surface area (Å²) in [6.45, 7) is 1.11. The minimum absolute atomic E-state index is 0.0836. The number of nitrogens with zero attached hydrogens (tertiary/aromatic N) is 1. The Kier molecular flexibility index (Phi) is 6.93. The van der Waals surface area contributed by atoms with Gasteiger partial charge in [0.2, 0.25) is 0 Å². The minimum Gasteiger partial charge on any atom is -0.462 e. The normalized spacial score (nSPS) is 34.8. The standard InChI is InChI=1S/C30H40FNO5/c1-35-13-14-36-29(34)32-18-30(25-17-23(31)7-8-26(25)32)11-9-19(10-12-30)22-15-20-5-6-21(16-22)27(20)28(33)37-24-3-2-4-24/h7-8,17,19-22,24,27H,2-6,9-16,18H2,1H3. The lowest BCUT2D eigenvalue weighted by molar-refractivity contribution is -0.163. The minimum atomic E-state index is -0.382. The van der Waals surface area contributed by atoms with Gasteiger partial charge in [-0.3, -0.25) is 9.69 Å². The van der Waals surface area contributed by atoms with E-state index < -0.39 is 0 Å². The molecule has 7 heteroatoms. The fraction of sp³-hybridized carbons (Fsp3) is 0.733. The van der Waals surface area contributed by atoms with Gasteiger partial charge in [0.1, 0.15) is 18.5 Å². The van der Waals surface area contributed by atoms with E-state index in [9.17, 15) is 14.0 Å². The number of benzene rings is 1. The monoisotopic (exact) mass is 513 g/mol. The van der Waals surface area contributed by atoms with Crippen LogP contribution < -0.4 is 4.90 Å². The molecule has 6 rings (SSSR count). The average molecular weight is 514 g/mol. The highest BCUT2D eigenvalue weighted by molar-refractivity contribution is 5.91. The van der Waals surface area contributed by atoms with Crippen LogP contribution in [0.25, 0.3) is 0 Å². The van der Waals surface area contributed by atoms with E-state index in [4.69, 9.17) is 14.2 Å². The third-order valence-corrected chi connectivity index (χ3v) is 10.4. The van der Waals surface area contributed by atoms with E-state index >= 15 is 0 Å². The van der Waals surface area contributed by atoms with Gasteiger partial charge in [-0.25, -0.2) is 9.18 Å². The van der Waals surface area contributed by atoms with Gasteiger partial charge >= 0.3 is 12.1 Å². The van der Waals surface area contributed by atoms with Crippen LogP contribution in [0, 0.1) is 35.4 Å². The predicted octanol–water partition coefficient (Wildman–Crippen LogP) is 6.00. The maximum Gasteiger partial charge on any atom is 0.414 e. The number of carbonyl (C=O) groups excluding carboxylic acids is 2. The molecule has 2 atom stereocenters. The fourth-order valence-electron chi connectivity index (χ4n) is 8.26. The molecule has 5 aliphatic rings. The smallest absolute Gasteiger partial charge is 0.414 e. The zero-order valence-electron chi connectivity index (χ0n) is 22.0. The number of amides is 1. The molecule has 4 fully saturated rings. The van der Waals surface area contributed by atoms with Crippen LogP contribution in [0.2, 0.25) is 0 Å². The number of rotatable bonds is 6. The largest absolute Gasteiger partial charge is 0.462 e. The molecule has 1 spiro atoms. The Morgan fingerprint density at radius 2 is 1.70 bits per heavy atom. The molecule has 1 amide bonds. The molecule has 4 aliphatic carbocycles. The molecule has 0 saturated heterocycles. The number of esters is 1. The Bertz CT molecular complexity index is 1000. The second-order valence-corrected chi connectivity index (χ2v) is 12.3. The molecule has 1 aromatic carbocycles. The Labute approximate surface area is 219 Å². The maximum atomic E-state index is 14.4. The summed E-state index contributed by atoms with van der Waals surface area (Å²) in [5, 5.41) is 0. The highest BCUT2D eigenvalue weighted by atomic mass is 19.1. The van der Waals surface area contributed by atoms with Gasteiger partial charge in [-0.2, -0.15) is 0 Å². The lowest BCUT2D eigenvalue weighted by atomic mass is 9.61. The van der Waals surface area contributed by atoms with Crippen molar-refractivity contribution in [3.8, 4) is 0 Å². The summed E-state index contributed by atoms with van der Waals surface area (Å²) < 4.78 is 30.6. The number of fused-ring (bicyclic) bond motifs is 4. The van der Waals surface area contributed by atoms with Crippen LogP contribution in [0.5, 0.6) is 0 Å². The zero-order valence-corrected chi connectivity index (χ0v) is 22.0. The summed E-state index contributed by atoms with van der Waals surface area (Å²) in [5.74, 6) is 2.20. The van der Waals surface area contributed by atoms with E-state index in [1.54, 1.807) is 24.1 Å². The van der Waals surface area contributed by atoms with E-state index in [1.165, 1.54) is 12.5 Å². The Balaban J connectivity index is 1.10. The van der Waals surface area contributed by atoms with Crippen molar-refractivity contribution < 1.29 is 28.2 Å². The van der Waals surface area contributed by atoms with Crippen molar-refractivity contribution in [1.82, 2.24) is 0 Å². The van der Waals surface area contributed by atoms with Crippen LogP contribution in [-0.2, 0) is 24.4 Å². The molecule has 0 N–H and O–H groups in total. The second kappa shape index (κ2) is 10.2. The van der Waals surface area contributed by atoms with Crippen molar-refractivity contribution in [1.29, 1.82) is 0 Å². The first-order chi connectivity index (χ1) is 18.0. The molecule has 202 valence electrons.